The van der Waals surface area contributed by atoms with Gasteiger partial charge in [0.05, 0.1) is 23.8 Å². The van der Waals surface area contributed by atoms with Gasteiger partial charge in [0, 0.05) is 5.69 Å². The number of nitrogens with one attached hydrogen (secondary N) is 1. The highest BCUT2D eigenvalue weighted by atomic mass is 32.1. The first-order valence-electron chi connectivity index (χ1n) is 7.58. The van der Waals surface area contributed by atoms with Crippen LogP contribution in [0.5, 0.6) is 5.75 Å². The molecule has 0 radical (unpaired) electrons. The molecule has 2 aromatic rings. The molecule has 2 rings (SSSR count). The number of nitrogens with two attached hydrogens (primary N) is 1. The Morgan fingerprint density at radius 2 is 1.83 bits per heavy atom. The lowest BCUT2D eigenvalue weighted by molar-refractivity contribution is 0.0531. The van der Waals surface area contributed by atoms with Gasteiger partial charge in [-0.25, -0.2) is 4.79 Å². The van der Waals surface area contributed by atoms with Gasteiger partial charge in [-0.3, -0.25) is 4.79 Å². The Bertz CT molecular complexity index is 738. The van der Waals surface area contributed by atoms with E-state index in [2.05, 4.69) is 5.32 Å². The smallest absolute Gasteiger partial charge is 0.348 e. The van der Waals surface area contributed by atoms with E-state index in [1.165, 1.54) is 0 Å². The summed E-state index contributed by atoms with van der Waals surface area (Å²) < 4.78 is 10.3. The van der Waals surface area contributed by atoms with Crippen LogP contribution in [-0.2, 0) is 4.74 Å². The normalized spacial score (nSPS) is 10.3. The SMILES string of the molecule is CCOC(=O)c1sc(N)c(C(=O)Nc2ccc(OCC)cc2)c1C. The first-order chi connectivity index (χ1) is 11.5. The van der Waals surface area contributed by atoms with Crippen LogP contribution in [0.4, 0.5) is 10.7 Å². The van der Waals surface area contributed by atoms with E-state index in [0.717, 1.165) is 17.1 Å². The molecule has 1 heterocycles. The van der Waals surface area contributed by atoms with Crippen molar-refractivity contribution in [2.75, 3.05) is 24.3 Å². The van der Waals surface area contributed by atoms with E-state index in [1.54, 1.807) is 38.1 Å². The van der Waals surface area contributed by atoms with Gasteiger partial charge in [-0.2, -0.15) is 0 Å². The van der Waals surface area contributed by atoms with Crippen molar-refractivity contribution < 1.29 is 19.1 Å². The monoisotopic (exact) mass is 348 g/mol. The summed E-state index contributed by atoms with van der Waals surface area (Å²) in [6, 6.07) is 7.03. The highest BCUT2D eigenvalue weighted by Crippen LogP contribution is 2.31. The standard InChI is InChI=1S/C17H20N2O4S/c1-4-22-12-8-6-11(7-9-12)19-16(20)13-10(3)14(24-15(13)18)17(21)23-5-2/h6-9H,4-5,18H2,1-3H3,(H,19,20). The Labute approximate surface area is 144 Å². The second-order valence-electron chi connectivity index (χ2n) is 4.93. The Balaban J connectivity index is 2.19. The third kappa shape index (κ3) is 3.86. The maximum Gasteiger partial charge on any atom is 0.348 e. The van der Waals surface area contributed by atoms with E-state index in [1.807, 2.05) is 6.92 Å². The topological polar surface area (TPSA) is 90.7 Å². The molecule has 128 valence electrons. The molecule has 6 nitrogen and oxygen atoms in total. The van der Waals surface area contributed by atoms with Gasteiger partial charge in [0.1, 0.15) is 10.6 Å². The number of carbonyl (C=O) groups is 2. The van der Waals surface area contributed by atoms with Crippen molar-refractivity contribution in [1.29, 1.82) is 0 Å². The molecule has 0 atom stereocenters. The summed E-state index contributed by atoms with van der Waals surface area (Å²) >= 11 is 1.06. The average molecular weight is 348 g/mol. The van der Waals surface area contributed by atoms with E-state index in [9.17, 15) is 9.59 Å². The number of anilines is 2. The van der Waals surface area contributed by atoms with E-state index in [-0.39, 0.29) is 12.5 Å². The quantitative estimate of drug-likeness (QED) is 0.780. The fraction of sp³-hybridized carbons (Fsp3) is 0.294. The molecule has 1 amide bonds. The van der Waals surface area contributed by atoms with Crippen molar-refractivity contribution >= 4 is 33.9 Å². The number of nitrogen functional groups attached to an aromatic ring is 1. The van der Waals surface area contributed by atoms with Crippen molar-refractivity contribution in [2.24, 2.45) is 0 Å². The fourth-order valence-electron chi connectivity index (χ4n) is 2.20. The zero-order chi connectivity index (χ0) is 17.7. The summed E-state index contributed by atoms with van der Waals surface area (Å²) in [6.07, 6.45) is 0. The molecule has 0 spiro atoms. The number of thiophene rings is 1. The van der Waals surface area contributed by atoms with Gasteiger partial charge in [-0.1, -0.05) is 0 Å². The van der Waals surface area contributed by atoms with E-state index in [4.69, 9.17) is 15.2 Å². The molecular weight excluding hydrogens is 328 g/mol. The summed E-state index contributed by atoms with van der Waals surface area (Å²) in [5, 5.41) is 3.06. The number of hydrogen-bond acceptors (Lipinski definition) is 6. The molecule has 24 heavy (non-hydrogen) atoms. The molecule has 7 heteroatoms. The third-order valence-electron chi connectivity index (χ3n) is 3.29. The van der Waals surface area contributed by atoms with Gasteiger partial charge < -0.3 is 20.5 Å². The molecule has 0 unspecified atom stereocenters. The highest BCUT2D eigenvalue weighted by molar-refractivity contribution is 7.18. The molecule has 0 saturated heterocycles. The largest absolute Gasteiger partial charge is 0.494 e. The zero-order valence-corrected chi connectivity index (χ0v) is 14.7. The second kappa shape index (κ2) is 7.83. The van der Waals surface area contributed by atoms with Crippen LogP contribution < -0.4 is 15.8 Å². The molecule has 1 aromatic heterocycles. The van der Waals surface area contributed by atoms with Gasteiger partial charge >= 0.3 is 5.97 Å². The van der Waals surface area contributed by atoms with Gasteiger partial charge in [-0.15, -0.1) is 11.3 Å². The Hall–Kier alpha value is -2.54. The van der Waals surface area contributed by atoms with Crippen molar-refractivity contribution in [3.63, 3.8) is 0 Å². The van der Waals surface area contributed by atoms with Crippen LogP contribution in [0.3, 0.4) is 0 Å². The average Bonchev–Trinajstić information content (AvgIpc) is 2.84. The van der Waals surface area contributed by atoms with Crippen molar-refractivity contribution in [3.8, 4) is 5.75 Å². The summed E-state index contributed by atoms with van der Waals surface area (Å²) in [5.41, 5.74) is 7.37. The van der Waals surface area contributed by atoms with Crippen LogP contribution in [0.25, 0.3) is 0 Å². The van der Waals surface area contributed by atoms with Crippen LogP contribution in [0, 0.1) is 6.92 Å². The first-order valence-corrected chi connectivity index (χ1v) is 8.39. The Morgan fingerprint density at radius 3 is 2.42 bits per heavy atom. The Morgan fingerprint density at radius 1 is 1.17 bits per heavy atom. The number of hydrogen-bond donors (Lipinski definition) is 2. The van der Waals surface area contributed by atoms with Crippen molar-refractivity contribution in [1.82, 2.24) is 0 Å². The minimum absolute atomic E-state index is 0.268. The van der Waals surface area contributed by atoms with Gasteiger partial charge in [0.25, 0.3) is 5.91 Å². The van der Waals surface area contributed by atoms with Gasteiger partial charge in [0.2, 0.25) is 0 Å². The molecule has 1 aromatic carbocycles. The highest BCUT2D eigenvalue weighted by Gasteiger charge is 2.24. The number of ether oxygens (including phenoxy) is 2. The van der Waals surface area contributed by atoms with Crippen molar-refractivity contribution in [2.45, 2.75) is 20.8 Å². The number of esters is 1. The maximum absolute atomic E-state index is 12.5. The predicted octanol–water partition coefficient (Wildman–Crippen LogP) is 3.47. The van der Waals surface area contributed by atoms with Crippen LogP contribution in [-0.4, -0.2) is 25.1 Å². The zero-order valence-electron chi connectivity index (χ0n) is 13.8. The minimum Gasteiger partial charge on any atom is -0.494 e. The minimum atomic E-state index is -0.466. The lowest BCUT2D eigenvalue weighted by atomic mass is 10.1. The number of benzene rings is 1. The summed E-state index contributed by atoms with van der Waals surface area (Å²) in [5.74, 6) is -0.0981. The van der Waals surface area contributed by atoms with Crippen LogP contribution in [0.1, 0.15) is 39.4 Å². The van der Waals surface area contributed by atoms with E-state index >= 15 is 0 Å². The van der Waals surface area contributed by atoms with Gasteiger partial charge in [-0.05, 0) is 50.6 Å². The number of rotatable bonds is 6. The second-order valence-corrected chi connectivity index (χ2v) is 5.98. The number of amides is 1. The molecule has 0 aliphatic rings. The van der Waals surface area contributed by atoms with Gasteiger partial charge in [0.15, 0.2) is 0 Å². The van der Waals surface area contributed by atoms with Crippen LogP contribution in [0.2, 0.25) is 0 Å². The van der Waals surface area contributed by atoms with E-state index in [0.29, 0.717) is 33.3 Å². The van der Waals surface area contributed by atoms with Crippen LogP contribution >= 0.6 is 11.3 Å². The molecule has 0 aliphatic carbocycles. The maximum atomic E-state index is 12.5. The Kier molecular flexibility index (Phi) is 5.81. The van der Waals surface area contributed by atoms with Crippen LogP contribution in [0.15, 0.2) is 24.3 Å². The van der Waals surface area contributed by atoms with E-state index < -0.39 is 5.97 Å². The first kappa shape index (κ1) is 17.8. The lowest BCUT2D eigenvalue weighted by Crippen LogP contribution is -2.14. The molecule has 3 N–H and O–H groups in total. The molecular formula is C17H20N2O4S. The van der Waals surface area contributed by atoms with Crippen molar-refractivity contribution in [3.05, 3.63) is 40.3 Å². The number of carbonyl (C=O) groups excluding carboxylic acids is 2. The summed E-state index contributed by atoms with van der Waals surface area (Å²) in [6.45, 7) is 6.16. The molecule has 0 fully saturated rings. The predicted molar refractivity (Wildman–Crippen MR) is 95.0 cm³/mol. The third-order valence-corrected chi connectivity index (χ3v) is 4.39. The summed E-state index contributed by atoms with van der Waals surface area (Å²) in [4.78, 5) is 24.7. The molecule has 0 bridgehead atoms. The molecule has 0 saturated carbocycles. The molecule has 0 aliphatic heterocycles. The lowest BCUT2D eigenvalue weighted by Gasteiger charge is -2.08. The fourth-order valence-corrected chi connectivity index (χ4v) is 3.17. The summed E-state index contributed by atoms with van der Waals surface area (Å²) in [7, 11) is 0.